The molecule has 20 heavy (non-hydrogen) atoms. The van der Waals surface area contributed by atoms with E-state index in [2.05, 4.69) is 5.32 Å². The molecule has 1 fully saturated rings. The number of amides is 1. The van der Waals surface area contributed by atoms with Gasteiger partial charge in [0.1, 0.15) is 5.75 Å². The first-order valence-electron chi connectivity index (χ1n) is 7.30. The highest BCUT2D eigenvalue weighted by molar-refractivity contribution is 5.79. The number of hydrogen-bond acceptors (Lipinski definition) is 3. The molecule has 0 aromatic heterocycles. The number of nitrogens with zero attached hydrogens (tertiary/aromatic N) is 1. The molecular weight excluding hydrogens is 252 g/mol. The van der Waals surface area contributed by atoms with Gasteiger partial charge in [0.05, 0.1) is 13.5 Å². The minimum Gasteiger partial charge on any atom is -0.497 e. The van der Waals surface area contributed by atoms with Crippen molar-refractivity contribution in [2.45, 2.75) is 31.7 Å². The normalized spacial score (nSPS) is 19.2. The van der Waals surface area contributed by atoms with Gasteiger partial charge < -0.3 is 15.0 Å². The number of carbonyl (C=O) groups excluding carboxylic acids is 1. The summed E-state index contributed by atoms with van der Waals surface area (Å²) in [7, 11) is 3.57. The van der Waals surface area contributed by atoms with Crippen molar-refractivity contribution in [3.63, 3.8) is 0 Å². The van der Waals surface area contributed by atoms with Crippen LogP contribution in [0.1, 0.15) is 24.8 Å². The zero-order valence-electron chi connectivity index (χ0n) is 12.4. The van der Waals surface area contributed by atoms with Crippen molar-refractivity contribution < 1.29 is 9.53 Å². The van der Waals surface area contributed by atoms with Crippen molar-refractivity contribution in [1.82, 2.24) is 10.2 Å². The fourth-order valence-electron chi connectivity index (χ4n) is 2.67. The summed E-state index contributed by atoms with van der Waals surface area (Å²) in [5, 5.41) is 3.38. The second-order valence-corrected chi connectivity index (χ2v) is 5.37. The topological polar surface area (TPSA) is 41.6 Å². The average molecular weight is 276 g/mol. The minimum atomic E-state index is 0.185. The van der Waals surface area contributed by atoms with Gasteiger partial charge in [-0.05, 0) is 50.0 Å². The summed E-state index contributed by atoms with van der Waals surface area (Å²) in [4.78, 5) is 14.3. The van der Waals surface area contributed by atoms with E-state index in [0.29, 0.717) is 12.5 Å². The second kappa shape index (κ2) is 7.29. The summed E-state index contributed by atoms with van der Waals surface area (Å²) < 4.78 is 5.20. The van der Waals surface area contributed by atoms with E-state index in [-0.39, 0.29) is 5.91 Å². The van der Waals surface area contributed by atoms with Gasteiger partial charge in [-0.3, -0.25) is 4.79 Å². The summed E-state index contributed by atoms with van der Waals surface area (Å²) in [6.45, 7) is 2.07. The second-order valence-electron chi connectivity index (χ2n) is 5.37. The van der Waals surface area contributed by atoms with Crippen molar-refractivity contribution in [3.8, 4) is 5.75 Å². The van der Waals surface area contributed by atoms with E-state index in [1.165, 1.54) is 0 Å². The number of ether oxygens (including phenoxy) is 1. The molecule has 0 radical (unpaired) electrons. The Balaban J connectivity index is 1.95. The lowest BCUT2D eigenvalue weighted by Gasteiger charge is -2.27. The molecule has 4 heteroatoms. The maximum atomic E-state index is 12.4. The van der Waals surface area contributed by atoms with E-state index < -0.39 is 0 Å². The van der Waals surface area contributed by atoms with Crippen LogP contribution in [0.15, 0.2) is 24.3 Å². The summed E-state index contributed by atoms with van der Waals surface area (Å²) in [5.41, 5.74) is 1.01. The first-order chi connectivity index (χ1) is 9.70. The summed E-state index contributed by atoms with van der Waals surface area (Å²) in [6.07, 6.45) is 3.72. The first kappa shape index (κ1) is 14.9. The lowest BCUT2D eigenvalue weighted by atomic mass is 10.1. The zero-order valence-corrected chi connectivity index (χ0v) is 12.4. The van der Waals surface area contributed by atoms with E-state index in [0.717, 1.165) is 43.7 Å². The molecule has 1 aromatic rings. The van der Waals surface area contributed by atoms with Crippen LogP contribution in [-0.2, 0) is 11.2 Å². The smallest absolute Gasteiger partial charge is 0.226 e. The standard InChI is InChI=1S/C16H24N2O2/c1-18(14-6-4-9-17-10-8-14)16(19)12-13-5-3-7-15(11-13)20-2/h3,5,7,11,14,17H,4,6,8-10,12H2,1-2H3. The van der Waals surface area contributed by atoms with Crippen LogP contribution in [0.2, 0.25) is 0 Å². The van der Waals surface area contributed by atoms with Gasteiger partial charge in [0.25, 0.3) is 0 Å². The summed E-state index contributed by atoms with van der Waals surface area (Å²) in [6, 6.07) is 8.10. The Morgan fingerprint density at radius 3 is 3.05 bits per heavy atom. The number of methoxy groups -OCH3 is 1. The van der Waals surface area contributed by atoms with Crippen LogP contribution >= 0.6 is 0 Å². The molecule has 0 saturated carbocycles. The number of likely N-dealkylation sites (N-methyl/N-ethyl adjacent to an activating group) is 1. The van der Waals surface area contributed by atoms with Crippen molar-refractivity contribution in [2.75, 3.05) is 27.2 Å². The van der Waals surface area contributed by atoms with E-state index in [1.807, 2.05) is 36.2 Å². The Labute approximate surface area is 121 Å². The van der Waals surface area contributed by atoms with Gasteiger partial charge in [0.2, 0.25) is 5.91 Å². The average Bonchev–Trinajstić information content (AvgIpc) is 2.75. The summed E-state index contributed by atoms with van der Waals surface area (Å²) in [5.74, 6) is 0.988. The van der Waals surface area contributed by atoms with Crippen LogP contribution in [0.5, 0.6) is 5.75 Å². The van der Waals surface area contributed by atoms with Crippen molar-refractivity contribution in [3.05, 3.63) is 29.8 Å². The molecule has 2 rings (SSSR count). The highest BCUT2D eigenvalue weighted by atomic mass is 16.5. The third-order valence-electron chi connectivity index (χ3n) is 3.98. The Bertz CT molecular complexity index is 440. The van der Waals surface area contributed by atoms with E-state index in [9.17, 15) is 4.79 Å². The third-order valence-corrected chi connectivity index (χ3v) is 3.98. The fraction of sp³-hybridized carbons (Fsp3) is 0.562. The maximum absolute atomic E-state index is 12.4. The number of rotatable bonds is 4. The molecule has 1 aliphatic rings. The summed E-state index contributed by atoms with van der Waals surface area (Å²) >= 11 is 0. The molecule has 1 aromatic carbocycles. The molecule has 0 bridgehead atoms. The molecule has 0 spiro atoms. The van der Waals surface area contributed by atoms with Gasteiger partial charge in [0.15, 0.2) is 0 Å². The predicted octanol–water partition coefficient (Wildman–Crippen LogP) is 1.84. The predicted molar refractivity (Wildman–Crippen MR) is 80.0 cm³/mol. The van der Waals surface area contributed by atoms with E-state index >= 15 is 0 Å². The number of benzene rings is 1. The van der Waals surface area contributed by atoms with Crippen LogP contribution in [0.25, 0.3) is 0 Å². The first-order valence-corrected chi connectivity index (χ1v) is 7.30. The SMILES string of the molecule is COc1cccc(CC(=O)N(C)C2CCCNCC2)c1. The van der Waals surface area contributed by atoms with Crippen LogP contribution < -0.4 is 10.1 Å². The largest absolute Gasteiger partial charge is 0.497 e. The van der Waals surface area contributed by atoms with Crippen molar-refractivity contribution in [2.24, 2.45) is 0 Å². The van der Waals surface area contributed by atoms with Crippen LogP contribution in [0.3, 0.4) is 0 Å². The number of hydrogen-bond donors (Lipinski definition) is 1. The molecule has 0 aliphatic carbocycles. The van der Waals surface area contributed by atoms with Gasteiger partial charge in [0, 0.05) is 13.1 Å². The Morgan fingerprint density at radius 1 is 1.40 bits per heavy atom. The van der Waals surface area contributed by atoms with Crippen LogP contribution in [-0.4, -0.2) is 44.1 Å². The zero-order chi connectivity index (χ0) is 14.4. The molecule has 1 atom stereocenters. The number of carbonyl (C=O) groups is 1. The molecule has 1 amide bonds. The van der Waals surface area contributed by atoms with Crippen molar-refractivity contribution in [1.29, 1.82) is 0 Å². The van der Waals surface area contributed by atoms with E-state index in [4.69, 9.17) is 4.74 Å². The molecule has 110 valence electrons. The molecular formula is C16H24N2O2. The van der Waals surface area contributed by atoms with Gasteiger partial charge in [-0.1, -0.05) is 12.1 Å². The molecule has 1 unspecified atom stereocenters. The quantitative estimate of drug-likeness (QED) is 0.912. The van der Waals surface area contributed by atoms with Crippen molar-refractivity contribution >= 4 is 5.91 Å². The van der Waals surface area contributed by atoms with Gasteiger partial charge in [-0.25, -0.2) is 0 Å². The lowest BCUT2D eigenvalue weighted by molar-refractivity contribution is -0.131. The molecule has 1 N–H and O–H groups in total. The van der Waals surface area contributed by atoms with E-state index in [1.54, 1.807) is 7.11 Å². The van der Waals surface area contributed by atoms with Crippen LogP contribution in [0, 0.1) is 0 Å². The number of nitrogens with one attached hydrogen (secondary N) is 1. The minimum absolute atomic E-state index is 0.185. The highest BCUT2D eigenvalue weighted by Gasteiger charge is 2.21. The molecule has 1 saturated heterocycles. The highest BCUT2D eigenvalue weighted by Crippen LogP contribution is 2.16. The van der Waals surface area contributed by atoms with Gasteiger partial charge in [-0.2, -0.15) is 0 Å². The fourth-order valence-corrected chi connectivity index (χ4v) is 2.67. The molecule has 1 heterocycles. The van der Waals surface area contributed by atoms with Gasteiger partial charge in [-0.15, -0.1) is 0 Å². The Morgan fingerprint density at radius 2 is 2.25 bits per heavy atom. The molecule has 1 aliphatic heterocycles. The lowest BCUT2D eigenvalue weighted by Crippen LogP contribution is -2.38. The molecule has 4 nitrogen and oxygen atoms in total. The Kier molecular flexibility index (Phi) is 5.41. The Hall–Kier alpha value is -1.55. The van der Waals surface area contributed by atoms with Gasteiger partial charge >= 0.3 is 0 Å². The third kappa shape index (κ3) is 3.97. The maximum Gasteiger partial charge on any atom is 0.226 e. The monoisotopic (exact) mass is 276 g/mol. The van der Waals surface area contributed by atoms with Crippen LogP contribution in [0.4, 0.5) is 0 Å².